The molecule has 0 heterocycles. The van der Waals surface area contributed by atoms with Gasteiger partial charge in [0.05, 0.1) is 6.61 Å². The average Bonchev–Trinajstić information content (AvgIpc) is 2.51. The zero-order valence-electron chi connectivity index (χ0n) is 14.8. The number of hydrogen-bond acceptors (Lipinski definition) is 3. The summed E-state index contributed by atoms with van der Waals surface area (Å²) in [4.78, 5) is 23.2. The maximum absolute atomic E-state index is 11.7. The van der Waals surface area contributed by atoms with Crippen LogP contribution < -0.4 is 5.32 Å². The lowest BCUT2D eigenvalue weighted by molar-refractivity contribution is -0.147. The third-order valence-electron chi connectivity index (χ3n) is 3.73. The van der Waals surface area contributed by atoms with Gasteiger partial charge in [-0.2, -0.15) is 0 Å². The van der Waals surface area contributed by atoms with Gasteiger partial charge in [-0.05, 0) is 19.8 Å². The maximum Gasteiger partial charge on any atom is 0.328 e. The van der Waals surface area contributed by atoms with Crippen molar-refractivity contribution in [2.75, 3.05) is 6.61 Å². The number of nitrogens with one attached hydrogen (secondary N) is 1. The zero-order chi connectivity index (χ0) is 16.6. The smallest absolute Gasteiger partial charge is 0.328 e. The molecule has 0 aliphatic heterocycles. The molecule has 1 amide bonds. The van der Waals surface area contributed by atoms with Gasteiger partial charge in [0.2, 0.25) is 5.91 Å². The highest BCUT2D eigenvalue weighted by molar-refractivity contribution is 5.84. The molecule has 0 spiro atoms. The summed E-state index contributed by atoms with van der Waals surface area (Å²) in [7, 11) is 0. The molecule has 0 bridgehead atoms. The summed E-state index contributed by atoms with van der Waals surface area (Å²) < 4.78 is 5.20. The number of unbranched alkanes of at least 4 members (excludes halogenated alkanes) is 8. The normalized spacial score (nSPS) is 12.0. The molecule has 1 atom stereocenters. The number of hydrogen-bond donors (Lipinski definition) is 1. The van der Waals surface area contributed by atoms with Crippen LogP contribution in [0.15, 0.2) is 0 Å². The maximum atomic E-state index is 11.7. The van der Waals surface area contributed by atoms with Crippen molar-refractivity contribution >= 4 is 11.9 Å². The summed E-state index contributed by atoms with van der Waals surface area (Å²) in [5.41, 5.74) is 0. The van der Waals surface area contributed by atoms with E-state index in [0.29, 0.717) is 13.0 Å². The first kappa shape index (κ1) is 20.9. The van der Waals surface area contributed by atoms with Crippen molar-refractivity contribution in [3.05, 3.63) is 0 Å². The van der Waals surface area contributed by atoms with Crippen LogP contribution >= 0.6 is 0 Å². The van der Waals surface area contributed by atoms with E-state index in [1.165, 1.54) is 38.5 Å². The molecule has 0 aromatic carbocycles. The molecular weight excluding hydrogens is 278 g/mol. The number of amides is 1. The molecule has 0 aliphatic rings. The molecule has 0 aromatic heterocycles. The van der Waals surface area contributed by atoms with Crippen molar-refractivity contribution < 1.29 is 14.3 Å². The Labute approximate surface area is 136 Å². The summed E-state index contributed by atoms with van der Waals surface area (Å²) in [5, 5.41) is 2.68. The predicted octanol–water partition coefficient (Wildman–Crippen LogP) is 4.37. The molecule has 0 unspecified atom stereocenters. The molecule has 0 rings (SSSR count). The van der Waals surface area contributed by atoms with Crippen molar-refractivity contribution in [1.29, 1.82) is 0 Å². The minimum absolute atomic E-state index is 0.0709. The lowest BCUT2D eigenvalue weighted by Crippen LogP contribution is -2.39. The molecule has 4 nitrogen and oxygen atoms in total. The average molecular weight is 313 g/mol. The summed E-state index contributed by atoms with van der Waals surface area (Å²) in [6.07, 6.45) is 12.1. The Kier molecular flexibility index (Phi) is 14.1. The van der Waals surface area contributed by atoms with Crippen LogP contribution in [0.5, 0.6) is 0 Å². The topological polar surface area (TPSA) is 55.4 Å². The molecular formula is C18H35NO3. The van der Waals surface area contributed by atoms with E-state index in [9.17, 15) is 9.59 Å². The highest BCUT2D eigenvalue weighted by Crippen LogP contribution is 2.08. The van der Waals surface area contributed by atoms with Gasteiger partial charge in [-0.3, -0.25) is 4.79 Å². The van der Waals surface area contributed by atoms with Crippen molar-refractivity contribution in [1.82, 2.24) is 5.32 Å². The summed E-state index contributed by atoms with van der Waals surface area (Å²) >= 11 is 0. The van der Waals surface area contributed by atoms with Crippen LogP contribution in [0.1, 0.15) is 91.4 Å². The minimum atomic E-state index is -0.543. The molecule has 0 saturated heterocycles. The molecule has 0 aliphatic carbocycles. The quantitative estimate of drug-likeness (QED) is 0.383. The van der Waals surface area contributed by atoms with Crippen LogP contribution in [0.25, 0.3) is 0 Å². The van der Waals surface area contributed by atoms with Gasteiger partial charge in [0, 0.05) is 6.42 Å². The number of ether oxygens (including phenoxy) is 1. The van der Waals surface area contributed by atoms with Gasteiger partial charge in [0.15, 0.2) is 0 Å². The van der Waals surface area contributed by atoms with Gasteiger partial charge in [-0.15, -0.1) is 0 Å². The highest BCUT2D eigenvalue weighted by Gasteiger charge is 2.16. The van der Waals surface area contributed by atoms with Crippen LogP contribution in [-0.4, -0.2) is 24.5 Å². The Morgan fingerprint density at radius 3 is 2.00 bits per heavy atom. The fraction of sp³-hybridized carbons (Fsp3) is 0.889. The first-order valence-corrected chi connectivity index (χ1v) is 9.07. The van der Waals surface area contributed by atoms with Crippen LogP contribution in [0.3, 0.4) is 0 Å². The second kappa shape index (κ2) is 14.9. The van der Waals surface area contributed by atoms with Gasteiger partial charge in [-0.1, -0.05) is 65.2 Å². The van der Waals surface area contributed by atoms with E-state index in [-0.39, 0.29) is 11.9 Å². The van der Waals surface area contributed by atoms with E-state index < -0.39 is 6.04 Å². The lowest BCUT2D eigenvalue weighted by atomic mass is 10.1. The summed E-state index contributed by atoms with van der Waals surface area (Å²) in [5.74, 6) is -0.397. The van der Waals surface area contributed by atoms with Gasteiger partial charge >= 0.3 is 5.97 Å². The molecule has 22 heavy (non-hydrogen) atoms. The summed E-state index contributed by atoms with van der Waals surface area (Å²) in [6.45, 7) is 6.40. The van der Waals surface area contributed by atoms with Gasteiger partial charge in [0.25, 0.3) is 0 Å². The molecule has 0 saturated carbocycles. The molecule has 0 aromatic rings. The van der Waals surface area contributed by atoms with Crippen LogP contribution in [0.2, 0.25) is 0 Å². The van der Waals surface area contributed by atoms with Crippen LogP contribution in [0.4, 0.5) is 0 Å². The van der Waals surface area contributed by atoms with Gasteiger partial charge < -0.3 is 10.1 Å². The van der Waals surface area contributed by atoms with E-state index in [1.54, 1.807) is 6.92 Å². The summed E-state index contributed by atoms with van der Waals surface area (Å²) in [6, 6.07) is -0.543. The third kappa shape index (κ3) is 12.7. The molecule has 1 N–H and O–H groups in total. The number of rotatable bonds is 14. The fourth-order valence-corrected chi connectivity index (χ4v) is 2.24. The van der Waals surface area contributed by atoms with Crippen LogP contribution in [0, 0.1) is 0 Å². The predicted molar refractivity (Wildman–Crippen MR) is 90.7 cm³/mol. The fourth-order valence-electron chi connectivity index (χ4n) is 2.24. The number of esters is 1. The van der Waals surface area contributed by atoms with E-state index in [4.69, 9.17) is 4.74 Å². The lowest BCUT2D eigenvalue weighted by Gasteiger charge is -2.13. The zero-order valence-corrected chi connectivity index (χ0v) is 14.8. The third-order valence-corrected chi connectivity index (χ3v) is 3.73. The minimum Gasteiger partial charge on any atom is -0.464 e. The monoisotopic (exact) mass is 313 g/mol. The molecule has 4 heteroatoms. The van der Waals surface area contributed by atoms with Crippen molar-refractivity contribution in [2.24, 2.45) is 0 Å². The van der Waals surface area contributed by atoms with E-state index in [0.717, 1.165) is 25.7 Å². The Morgan fingerprint density at radius 2 is 1.41 bits per heavy atom. The largest absolute Gasteiger partial charge is 0.464 e. The van der Waals surface area contributed by atoms with Crippen molar-refractivity contribution in [2.45, 2.75) is 97.4 Å². The van der Waals surface area contributed by atoms with Gasteiger partial charge in [-0.25, -0.2) is 4.79 Å². The SMILES string of the molecule is CCCCCCCCCCOC(=O)[C@H](C)NC(=O)CCCC. The van der Waals surface area contributed by atoms with Crippen molar-refractivity contribution in [3.8, 4) is 0 Å². The Bertz CT molecular complexity index is 292. The first-order chi connectivity index (χ1) is 10.6. The molecule has 0 radical (unpaired) electrons. The first-order valence-electron chi connectivity index (χ1n) is 9.07. The van der Waals surface area contributed by atoms with E-state index >= 15 is 0 Å². The van der Waals surface area contributed by atoms with Crippen molar-refractivity contribution in [3.63, 3.8) is 0 Å². The van der Waals surface area contributed by atoms with E-state index in [2.05, 4.69) is 12.2 Å². The Morgan fingerprint density at radius 1 is 0.864 bits per heavy atom. The Hall–Kier alpha value is -1.06. The van der Waals surface area contributed by atoms with Gasteiger partial charge in [0.1, 0.15) is 6.04 Å². The molecule has 0 fully saturated rings. The number of carbonyl (C=O) groups is 2. The van der Waals surface area contributed by atoms with E-state index in [1.807, 2.05) is 6.92 Å². The highest BCUT2D eigenvalue weighted by atomic mass is 16.5. The molecule has 130 valence electrons. The van der Waals surface area contributed by atoms with Crippen LogP contribution in [-0.2, 0) is 14.3 Å². The Balaban J connectivity index is 3.49. The number of carbonyl (C=O) groups excluding carboxylic acids is 2. The standard InChI is InChI=1S/C18H35NO3/c1-4-6-8-9-10-11-12-13-15-22-18(21)16(3)19-17(20)14-7-5-2/h16H,4-15H2,1-3H3,(H,19,20)/t16-/m0/s1. The second-order valence-electron chi connectivity index (χ2n) is 6.04. The second-order valence-corrected chi connectivity index (χ2v) is 6.04.